The Morgan fingerprint density at radius 3 is 2.38 bits per heavy atom. The van der Waals surface area contributed by atoms with Crippen LogP contribution in [0.25, 0.3) is 0 Å². The zero-order chi connectivity index (χ0) is 19.1. The Hall–Kier alpha value is -2.11. The minimum atomic E-state index is -0.679. The van der Waals surface area contributed by atoms with E-state index in [4.69, 9.17) is 23.2 Å². The number of nitrogens with zero attached hydrogens (tertiary/aromatic N) is 1. The van der Waals surface area contributed by atoms with E-state index in [0.29, 0.717) is 24.5 Å². The van der Waals surface area contributed by atoms with Gasteiger partial charge >= 0.3 is 0 Å². The molecule has 1 N–H and O–H groups in total. The van der Waals surface area contributed by atoms with Crippen molar-refractivity contribution in [3.8, 4) is 0 Å². The van der Waals surface area contributed by atoms with Gasteiger partial charge in [-0.15, -0.1) is 0 Å². The summed E-state index contributed by atoms with van der Waals surface area (Å²) in [5.41, 5.74) is 0.868. The fraction of sp³-hybridized carbons (Fsp3) is 0.263. The summed E-state index contributed by atoms with van der Waals surface area (Å²) in [5.74, 6) is -1.38. The molecule has 0 saturated heterocycles. The van der Waals surface area contributed by atoms with E-state index in [1.807, 2.05) is 12.1 Å². The third-order valence-corrected chi connectivity index (χ3v) is 4.45. The average molecular weight is 397 g/mol. The van der Waals surface area contributed by atoms with E-state index in [0.717, 1.165) is 5.56 Å². The lowest BCUT2D eigenvalue weighted by Gasteiger charge is -2.21. The van der Waals surface area contributed by atoms with Crippen LogP contribution in [-0.4, -0.2) is 36.3 Å². The van der Waals surface area contributed by atoms with Crippen LogP contribution in [0.4, 0.5) is 4.39 Å². The molecule has 0 fully saturated rings. The molecule has 0 aliphatic carbocycles. The van der Waals surface area contributed by atoms with Crippen LogP contribution in [0, 0.1) is 5.82 Å². The zero-order valence-corrected chi connectivity index (χ0v) is 15.8. The van der Waals surface area contributed by atoms with Crippen molar-refractivity contribution in [1.82, 2.24) is 10.2 Å². The SMILES string of the molecule is CC(=O)N(CCNC(=O)c1c(F)cccc1Cl)CCc1ccc(Cl)cc1. The van der Waals surface area contributed by atoms with Crippen molar-refractivity contribution >= 4 is 35.0 Å². The Bertz CT molecular complexity index is 761. The fourth-order valence-electron chi connectivity index (χ4n) is 2.45. The fourth-order valence-corrected chi connectivity index (χ4v) is 2.82. The van der Waals surface area contributed by atoms with Gasteiger partial charge in [0.15, 0.2) is 0 Å². The van der Waals surface area contributed by atoms with Crippen LogP contribution in [0.5, 0.6) is 0 Å². The zero-order valence-electron chi connectivity index (χ0n) is 14.3. The van der Waals surface area contributed by atoms with E-state index in [9.17, 15) is 14.0 Å². The third kappa shape index (κ3) is 5.71. The molecule has 0 unspecified atom stereocenters. The van der Waals surface area contributed by atoms with Gasteiger partial charge in [0.05, 0.1) is 10.6 Å². The van der Waals surface area contributed by atoms with Crippen molar-refractivity contribution in [3.63, 3.8) is 0 Å². The largest absolute Gasteiger partial charge is 0.350 e. The van der Waals surface area contributed by atoms with Gasteiger partial charge in [-0.3, -0.25) is 9.59 Å². The molecule has 0 heterocycles. The van der Waals surface area contributed by atoms with Crippen LogP contribution in [0.1, 0.15) is 22.8 Å². The highest BCUT2D eigenvalue weighted by molar-refractivity contribution is 6.33. The molecular weight excluding hydrogens is 378 g/mol. The van der Waals surface area contributed by atoms with Crippen LogP contribution >= 0.6 is 23.2 Å². The standard InChI is InChI=1S/C19H19Cl2FN2O2/c1-13(25)24(11-9-14-5-7-15(20)8-6-14)12-10-23-19(26)18-16(21)3-2-4-17(18)22/h2-8H,9-12H2,1H3,(H,23,26). The first-order valence-electron chi connectivity index (χ1n) is 8.10. The van der Waals surface area contributed by atoms with E-state index in [1.54, 1.807) is 17.0 Å². The van der Waals surface area contributed by atoms with Crippen molar-refractivity contribution in [1.29, 1.82) is 0 Å². The molecule has 4 nitrogen and oxygen atoms in total. The maximum absolute atomic E-state index is 13.7. The second-order valence-electron chi connectivity index (χ2n) is 5.74. The normalized spacial score (nSPS) is 10.5. The summed E-state index contributed by atoms with van der Waals surface area (Å²) in [6.07, 6.45) is 0.670. The number of rotatable bonds is 7. The van der Waals surface area contributed by atoms with Crippen molar-refractivity contribution in [2.24, 2.45) is 0 Å². The summed E-state index contributed by atoms with van der Waals surface area (Å²) in [4.78, 5) is 25.5. The van der Waals surface area contributed by atoms with Crippen LogP contribution < -0.4 is 5.32 Å². The first-order valence-corrected chi connectivity index (χ1v) is 8.86. The molecule has 0 spiro atoms. The molecule has 2 amide bonds. The summed E-state index contributed by atoms with van der Waals surface area (Å²) < 4.78 is 13.7. The quantitative estimate of drug-likeness (QED) is 0.769. The smallest absolute Gasteiger partial charge is 0.255 e. The minimum Gasteiger partial charge on any atom is -0.350 e. The first-order chi connectivity index (χ1) is 12.4. The first kappa shape index (κ1) is 20.2. The molecule has 26 heavy (non-hydrogen) atoms. The van der Waals surface area contributed by atoms with Crippen LogP contribution in [0.2, 0.25) is 10.0 Å². The Kier molecular flexibility index (Phi) is 7.42. The predicted octanol–water partition coefficient (Wildman–Crippen LogP) is 3.95. The highest BCUT2D eigenvalue weighted by Crippen LogP contribution is 2.18. The van der Waals surface area contributed by atoms with Crippen molar-refractivity contribution < 1.29 is 14.0 Å². The van der Waals surface area contributed by atoms with Crippen molar-refractivity contribution in [2.45, 2.75) is 13.3 Å². The lowest BCUT2D eigenvalue weighted by Crippen LogP contribution is -2.38. The number of amides is 2. The monoisotopic (exact) mass is 396 g/mol. The molecule has 0 aliphatic rings. The maximum Gasteiger partial charge on any atom is 0.255 e. The lowest BCUT2D eigenvalue weighted by molar-refractivity contribution is -0.128. The van der Waals surface area contributed by atoms with Crippen LogP contribution in [0.15, 0.2) is 42.5 Å². The van der Waals surface area contributed by atoms with Gasteiger partial charge in [0.1, 0.15) is 5.82 Å². The van der Waals surface area contributed by atoms with Gasteiger partial charge in [-0.2, -0.15) is 0 Å². The number of nitrogens with one attached hydrogen (secondary N) is 1. The number of hydrogen-bond acceptors (Lipinski definition) is 2. The summed E-state index contributed by atoms with van der Waals surface area (Å²) in [5, 5.41) is 3.31. The second kappa shape index (κ2) is 9.55. The molecule has 2 rings (SSSR count). The highest BCUT2D eigenvalue weighted by Gasteiger charge is 2.16. The molecule has 0 aliphatic heterocycles. The van der Waals surface area contributed by atoms with Crippen LogP contribution in [0.3, 0.4) is 0 Å². The van der Waals surface area contributed by atoms with E-state index in [2.05, 4.69) is 5.32 Å². The predicted molar refractivity (Wildman–Crippen MR) is 101 cm³/mol. The highest BCUT2D eigenvalue weighted by atomic mass is 35.5. The summed E-state index contributed by atoms with van der Waals surface area (Å²) in [6.45, 7) is 2.50. The van der Waals surface area contributed by atoms with Crippen molar-refractivity contribution in [3.05, 3.63) is 69.5 Å². The number of hydrogen-bond donors (Lipinski definition) is 1. The summed E-state index contributed by atoms with van der Waals surface area (Å²) in [7, 11) is 0. The summed E-state index contributed by atoms with van der Waals surface area (Å²) >= 11 is 11.7. The molecule has 2 aromatic carbocycles. The third-order valence-electron chi connectivity index (χ3n) is 3.89. The molecule has 138 valence electrons. The molecule has 0 radical (unpaired) electrons. The Morgan fingerprint density at radius 2 is 1.77 bits per heavy atom. The van der Waals surface area contributed by atoms with Gasteiger partial charge in [-0.25, -0.2) is 4.39 Å². The van der Waals surface area contributed by atoms with Gasteiger partial charge in [-0.05, 0) is 36.2 Å². The van der Waals surface area contributed by atoms with E-state index in [1.165, 1.54) is 25.1 Å². The average Bonchev–Trinajstić information content (AvgIpc) is 2.59. The van der Waals surface area contributed by atoms with Gasteiger partial charge in [-0.1, -0.05) is 41.4 Å². The molecule has 7 heteroatoms. The molecular formula is C19H19Cl2FN2O2. The topological polar surface area (TPSA) is 49.4 Å². The molecule has 0 aromatic heterocycles. The van der Waals surface area contributed by atoms with E-state index >= 15 is 0 Å². The lowest BCUT2D eigenvalue weighted by atomic mass is 10.1. The van der Waals surface area contributed by atoms with Gasteiger partial charge in [0.25, 0.3) is 5.91 Å². The molecule has 0 saturated carbocycles. The van der Waals surface area contributed by atoms with E-state index < -0.39 is 11.7 Å². The van der Waals surface area contributed by atoms with E-state index in [-0.39, 0.29) is 23.0 Å². The maximum atomic E-state index is 13.7. The summed E-state index contributed by atoms with van der Waals surface area (Å²) in [6, 6.07) is 11.5. The number of benzene rings is 2. The van der Waals surface area contributed by atoms with Gasteiger partial charge in [0.2, 0.25) is 5.91 Å². The van der Waals surface area contributed by atoms with Gasteiger partial charge in [0, 0.05) is 31.6 Å². The Morgan fingerprint density at radius 1 is 1.08 bits per heavy atom. The van der Waals surface area contributed by atoms with Crippen molar-refractivity contribution in [2.75, 3.05) is 19.6 Å². The molecule has 0 bridgehead atoms. The Labute approximate surface area is 161 Å². The number of carbonyl (C=O) groups excluding carboxylic acids is 2. The number of carbonyl (C=O) groups is 2. The molecule has 0 atom stereocenters. The number of halogens is 3. The minimum absolute atomic E-state index is 0.0497. The second-order valence-corrected chi connectivity index (χ2v) is 6.58. The van der Waals surface area contributed by atoms with Crippen LogP contribution in [-0.2, 0) is 11.2 Å². The van der Waals surface area contributed by atoms with Gasteiger partial charge < -0.3 is 10.2 Å². The Balaban J connectivity index is 1.87. The molecule has 2 aromatic rings.